The van der Waals surface area contributed by atoms with E-state index in [0.29, 0.717) is 10.1 Å². The second-order valence-electron chi connectivity index (χ2n) is 2.88. The van der Waals surface area contributed by atoms with Gasteiger partial charge in [0.1, 0.15) is 5.82 Å². The van der Waals surface area contributed by atoms with Gasteiger partial charge in [-0.15, -0.1) is 0 Å². The number of halogens is 2. The number of hydrogen-bond donors (Lipinski definition) is 2. The average Bonchev–Trinajstić information content (AvgIpc) is 2.13. The SMILES string of the molecule is CC(CN)Nc1cccc(F)c1I. The van der Waals surface area contributed by atoms with E-state index in [1.54, 1.807) is 6.07 Å². The highest BCUT2D eigenvalue weighted by Gasteiger charge is 2.06. The van der Waals surface area contributed by atoms with Crippen LogP contribution in [0, 0.1) is 9.39 Å². The number of nitrogens with one attached hydrogen (secondary N) is 1. The summed E-state index contributed by atoms with van der Waals surface area (Å²) in [6.45, 7) is 2.49. The van der Waals surface area contributed by atoms with Gasteiger partial charge in [-0.05, 0) is 41.6 Å². The van der Waals surface area contributed by atoms with E-state index in [0.717, 1.165) is 5.69 Å². The zero-order valence-electron chi connectivity index (χ0n) is 7.35. The second-order valence-corrected chi connectivity index (χ2v) is 3.96. The molecule has 0 amide bonds. The molecule has 3 N–H and O–H groups in total. The highest BCUT2D eigenvalue weighted by atomic mass is 127. The Labute approximate surface area is 90.8 Å². The van der Waals surface area contributed by atoms with E-state index < -0.39 is 0 Å². The lowest BCUT2D eigenvalue weighted by Crippen LogP contribution is -2.25. The molecule has 0 aromatic heterocycles. The van der Waals surface area contributed by atoms with Crippen molar-refractivity contribution in [2.24, 2.45) is 5.73 Å². The van der Waals surface area contributed by atoms with Crippen molar-refractivity contribution in [3.05, 3.63) is 27.6 Å². The van der Waals surface area contributed by atoms with Gasteiger partial charge in [0.2, 0.25) is 0 Å². The van der Waals surface area contributed by atoms with Gasteiger partial charge in [-0.2, -0.15) is 0 Å². The summed E-state index contributed by atoms with van der Waals surface area (Å²) in [6, 6.07) is 5.13. The lowest BCUT2D eigenvalue weighted by Gasteiger charge is -2.14. The first-order valence-electron chi connectivity index (χ1n) is 4.05. The average molecular weight is 294 g/mol. The summed E-state index contributed by atoms with van der Waals surface area (Å²) in [5, 5.41) is 3.13. The van der Waals surface area contributed by atoms with Crippen LogP contribution in [0.2, 0.25) is 0 Å². The molecule has 0 aliphatic heterocycles. The number of rotatable bonds is 3. The fourth-order valence-corrected chi connectivity index (χ4v) is 1.45. The van der Waals surface area contributed by atoms with E-state index >= 15 is 0 Å². The molecule has 0 fully saturated rings. The minimum atomic E-state index is -0.199. The highest BCUT2D eigenvalue weighted by molar-refractivity contribution is 14.1. The normalized spacial score (nSPS) is 12.6. The van der Waals surface area contributed by atoms with Crippen LogP contribution < -0.4 is 11.1 Å². The molecular formula is C9H12FIN2. The molecule has 13 heavy (non-hydrogen) atoms. The summed E-state index contributed by atoms with van der Waals surface area (Å²) in [5.74, 6) is -0.199. The van der Waals surface area contributed by atoms with E-state index in [9.17, 15) is 4.39 Å². The summed E-state index contributed by atoms with van der Waals surface area (Å²) < 4.78 is 13.7. The van der Waals surface area contributed by atoms with Gasteiger partial charge in [-0.3, -0.25) is 0 Å². The van der Waals surface area contributed by atoms with Crippen LogP contribution >= 0.6 is 22.6 Å². The standard InChI is InChI=1S/C9H12FIN2/c1-6(5-12)13-8-4-2-3-7(10)9(8)11/h2-4,6,13H,5,12H2,1H3. The smallest absolute Gasteiger partial charge is 0.138 e. The monoisotopic (exact) mass is 294 g/mol. The molecule has 1 aromatic rings. The molecule has 72 valence electrons. The third-order valence-corrected chi connectivity index (χ3v) is 2.80. The van der Waals surface area contributed by atoms with E-state index in [2.05, 4.69) is 5.32 Å². The molecule has 1 atom stereocenters. The molecule has 0 heterocycles. The predicted molar refractivity (Wildman–Crippen MR) is 61.3 cm³/mol. The van der Waals surface area contributed by atoms with Gasteiger partial charge >= 0.3 is 0 Å². The molecule has 0 saturated carbocycles. The summed E-state index contributed by atoms with van der Waals surface area (Å²) >= 11 is 1.98. The van der Waals surface area contributed by atoms with Crippen LogP contribution in [0.4, 0.5) is 10.1 Å². The Kier molecular flexibility index (Phi) is 3.92. The Morgan fingerprint density at radius 1 is 1.62 bits per heavy atom. The highest BCUT2D eigenvalue weighted by Crippen LogP contribution is 2.21. The first-order valence-corrected chi connectivity index (χ1v) is 5.13. The molecule has 2 nitrogen and oxygen atoms in total. The number of hydrogen-bond acceptors (Lipinski definition) is 2. The molecule has 1 rings (SSSR count). The van der Waals surface area contributed by atoms with E-state index in [1.165, 1.54) is 6.07 Å². The van der Waals surface area contributed by atoms with Gasteiger partial charge in [0.15, 0.2) is 0 Å². The second kappa shape index (κ2) is 4.76. The Hall–Kier alpha value is -0.360. The van der Waals surface area contributed by atoms with Gasteiger partial charge in [-0.25, -0.2) is 4.39 Å². The van der Waals surface area contributed by atoms with Gasteiger partial charge in [0, 0.05) is 12.6 Å². The van der Waals surface area contributed by atoms with Crippen molar-refractivity contribution in [3.63, 3.8) is 0 Å². The van der Waals surface area contributed by atoms with Gasteiger partial charge < -0.3 is 11.1 Å². The third kappa shape index (κ3) is 2.80. The quantitative estimate of drug-likeness (QED) is 0.839. The van der Waals surface area contributed by atoms with E-state index in [-0.39, 0.29) is 11.9 Å². The fraction of sp³-hybridized carbons (Fsp3) is 0.333. The number of anilines is 1. The lowest BCUT2D eigenvalue weighted by atomic mass is 10.2. The molecular weight excluding hydrogens is 282 g/mol. The van der Waals surface area contributed by atoms with Crippen molar-refractivity contribution in [2.45, 2.75) is 13.0 Å². The Balaban J connectivity index is 2.83. The molecule has 4 heteroatoms. The predicted octanol–water partition coefficient (Wildman–Crippen LogP) is 2.19. The number of nitrogens with two attached hydrogens (primary N) is 1. The maximum Gasteiger partial charge on any atom is 0.138 e. The molecule has 0 spiro atoms. The van der Waals surface area contributed by atoms with E-state index in [4.69, 9.17) is 5.73 Å². The fourth-order valence-electron chi connectivity index (χ4n) is 0.940. The van der Waals surface area contributed by atoms with Crippen molar-refractivity contribution in [2.75, 3.05) is 11.9 Å². The summed E-state index contributed by atoms with van der Waals surface area (Å²) in [6.07, 6.45) is 0. The molecule has 1 unspecified atom stereocenters. The molecule has 0 aliphatic carbocycles. The molecule has 0 radical (unpaired) electrons. The van der Waals surface area contributed by atoms with Gasteiger partial charge in [0.05, 0.1) is 9.26 Å². The van der Waals surface area contributed by atoms with Gasteiger partial charge in [-0.1, -0.05) is 6.07 Å². The van der Waals surface area contributed by atoms with Crippen LogP contribution in [0.5, 0.6) is 0 Å². The Morgan fingerprint density at radius 2 is 2.31 bits per heavy atom. The minimum Gasteiger partial charge on any atom is -0.380 e. The summed E-state index contributed by atoms with van der Waals surface area (Å²) in [5.41, 5.74) is 6.25. The van der Waals surface area contributed by atoms with Crippen molar-refractivity contribution in [1.82, 2.24) is 0 Å². The number of benzene rings is 1. The van der Waals surface area contributed by atoms with Crippen molar-refractivity contribution in [1.29, 1.82) is 0 Å². The van der Waals surface area contributed by atoms with E-state index in [1.807, 2.05) is 35.6 Å². The maximum atomic E-state index is 13.1. The van der Waals surface area contributed by atoms with Crippen LogP contribution in [-0.4, -0.2) is 12.6 Å². The van der Waals surface area contributed by atoms with Crippen LogP contribution in [0.15, 0.2) is 18.2 Å². The van der Waals surface area contributed by atoms with Crippen molar-refractivity contribution in [3.8, 4) is 0 Å². The molecule has 1 aromatic carbocycles. The summed E-state index contributed by atoms with van der Waals surface area (Å²) in [7, 11) is 0. The first-order chi connectivity index (χ1) is 6.15. The minimum absolute atomic E-state index is 0.162. The van der Waals surface area contributed by atoms with Crippen molar-refractivity contribution >= 4 is 28.3 Å². The van der Waals surface area contributed by atoms with Crippen molar-refractivity contribution < 1.29 is 4.39 Å². The van der Waals surface area contributed by atoms with Gasteiger partial charge in [0.25, 0.3) is 0 Å². The van der Waals surface area contributed by atoms with Crippen LogP contribution in [0.3, 0.4) is 0 Å². The topological polar surface area (TPSA) is 38.0 Å². The first kappa shape index (κ1) is 10.7. The van der Waals surface area contributed by atoms with Crippen LogP contribution in [0.25, 0.3) is 0 Å². The van der Waals surface area contributed by atoms with Crippen LogP contribution in [0.1, 0.15) is 6.92 Å². The molecule has 0 bridgehead atoms. The molecule has 0 aliphatic rings. The van der Waals surface area contributed by atoms with Crippen LogP contribution in [-0.2, 0) is 0 Å². The summed E-state index contributed by atoms with van der Waals surface area (Å²) in [4.78, 5) is 0. The lowest BCUT2D eigenvalue weighted by molar-refractivity contribution is 0.620. The third-order valence-electron chi connectivity index (χ3n) is 1.71. The Morgan fingerprint density at radius 3 is 2.92 bits per heavy atom. The Bertz CT molecular complexity index is 291. The zero-order chi connectivity index (χ0) is 9.84. The zero-order valence-corrected chi connectivity index (χ0v) is 9.51. The maximum absolute atomic E-state index is 13.1. The largest absolute Gasteiger partial charge is 0.380 e. The molecule has 0 saturated heterocycles.